The molecule has 2 aromatic carbocycles. The summed E-state index contributed by atoms with van der Waals surface area (Å²) in [6, 6.07) is 16.7. The van der Waals surface area contributed by atoms with Gasteiger partial charge in [-0.3, -0.25) is 4.79 Å². The van der Waals surface area contributed by atoms with Crippen molar-refractivity contribution in [2.24, 2.45) is 0 Å². The molecule has 1 aliphatic rings. The van der Waals surface area contributed by atoms with E-state index >= 15 is 0 Å². The molecule has 120 valence electrons. The first-order valence-electron chi connectivity index (χ1n) is 8.27. The van der Waals surface area contributed by atoms with Crippen molar-refractivity contribution in [2.45, 2.75) is 20.3 Å². The number of piperazine rings is 1. The third kappa shape index (κ3) is 3.73. The maximum atomic E-state index is 12.6. The average molecular weight is 308 g/mol. The Morgan fingerprint density at radius 3 is 2.30 bits per heavy atom. The van der Waals surface area contributed by atoms with Gasteiger partial charge in [-0.05, 0) is 37.1 Å². The normalized spacial score (nSPS) is 14.9. The predicted molar refractivity (Wildman–Crippen MR) is 94.9 cm³/mol. The Kier molecular flexibility index (Phi) is 4.65. The number of carbonyl (C=O) groups excluding carboxylic acids is 1. The van der Waals surface area contributed by atoms with Gasteiger partial charge in [0.2, 0.25) is 5.91 Å². The standard InChI is InChI=1S/C20H24N2O/c1-16-8-9-18(17(2)14-16)15-20(23)22-12-10-21(11-13-22)19-6-4-3-5-7-19/h3-9,14H,10-13,15H2,1-2H3. The zero-order chi connectivity index (χ0) is 16.2. The van der Waals surface area contributed by atoms with Gasteiger partial charge in [-0.1, -0.05) is 42.0 Å². The van der Waals surface area contributed by atoms with Crippen molar-refractivity contribution in [3.63, 3.8) is 0 Å². The van der Waals surface area contributed by atoms with Crippen LogP contribution >= 0.6 is 0 Å². The van der Waals surface area contributed by atoms with Crippen LogP contribution in [0.2, 0.25) is 0 Å². The number of rotatable bonds is 3. The maximum Gasteiger partial charge on any atom is 0.227 e. The van der Waals surface area contributed by atoms with Crippen molar-refractivity contribution >= 4 is 11.6 Å². The topological polar surface area (TPSA) is 23.6 Å². The van der Waals surface area contributed by atoms with E-state index in [2.05, 4.69) is 61.2 Å². The maximum absolute atomic E-state index is 12.6. The molecule has 2 aromatic rings. The zero-order valence-corrected chi connectivity index (χ0v) is 14.0. The number of hydrogen-bond donors (Lipinski definition) is 0. The summed E-state index contributed by atoms with van der Waals surface area (Å²) >= 11 is 0. The molecule has 0 aliphatic carbocycles. The summed E-state index contributed by atoms with van der Waals surface area (Å²) in [5.41, 5.74) is 4.84. The molecule has 0 spiro atoms. The molecule has 3 rings (SSSR count). The van der Waals surface area contributed by atoms with Crippen LogP contribution < -0.4 is 4.90 Å². The Balaban J connectivity index is 1.58. The number of benzene rings is 2. The number of para-hydroxylation sites is 1. The quantitative estimate of drug-likeness (QED) is 0.869. The lowest BCUT2D eigenvalue weighted by Gasteiger charge is -2.36. The molecular formula is C20H24N2O. The summed E-state index contributed by atoms with van der Waals surface area (Å²) in [4.78, 5) is 16.9. The molecule has 0 unspecified atom stereocenters. The summed E-state index contributed by atoms with van der Waals surface area (Å²) in [5, 5.41) is 0. The Labute approximate surface area is 138 Å². The fraction of sp³-hybridized carbons (Fsp3) is 0.350. The lowest BCUT2D eigenvalue weighted by Crippen LogP contribution is -2.49. The van der Waals surface area contributed by atoms with Crippen LogP contribution in [0.3, 0.4) is 0 Å². The smallest absolute Gasteiger partial charge is 0.227 e. The van der Waals surface area contributed by atoms with E-state index in [4.69, 9.17) is 0 Å². The first-order chi connectivity index (χ1) is 11.1. The summed E-state index contributed by atoms with van der Waals surface area (Å²) in [6.45, 7) is 7.59. The zero-order valence-electron chi connectivity index (χ0n) is 14.0. The van der Waals surface area contributed by atoms with E-state index < -0.39 is 0 Å². The van der Waals surface area contributed by atoms with Gasteiger partial charge >= 0.3 is 0 Å². The minimum Gasteiger partial charge on any atom is -0.368 e. The molecule has 0 aromatic heterocycles. The summed E-state index contributed by atoms with van der Waals surface area (Å²) in [7, 11) is 0. The minimum absolute atomic E-state index is 0.240. The summed E-state index contributed by atoms with van der Waals surface area (Å²) < 4.78 is 0. The first-order valence-corrected chi connectivity index (χ1v) is 8.27. The van der Waals surface area contributed by atoms with Crippen LogP contribution in [0.25, 0.3) is 0 Å². The first kappa shape index (κ1) is 15.6. The van der Waals surface area contributed by atoms with E-state index in [0.717, 1.165) is 31.7 Å². The molecule has 1 saturated heterocycles. The van der Waals surface area contributed by atoms with Crippen molar-refractivity contribution < 1.29 is 4.79 Å². The van der Waals surface area contributed by atoms with Gasteiger partial charge in [0.05, 0.1) is 6.42 Å². The van der Waals surface area contributed by atoms with E-state index in [1.165, 1.54) is 16.8 Å². The highest BCUT2D eigenvalue weighted by atomic mass is 16.2. The fourth-order valence-corrected chi connectivity index (χ4v) is 3.17. The molecule has 0 atom stereocenters. The van der Waals surface area contributed by atoms with Gasteiger partial charge in [-0.15, -0.1) is 0 Å². The van der Waals surface area contributed by atoms with Crippen molar-refractivity contribution in [1.82, 2.24) is 4.90 Å². The molecule has 1 fully saturated rings. The van der Waals surface area contributed by atoms with Crippen molar-refractivity contribution in [2.75, 3.05) is 31.1 Å². The number of nitrogens with zero attached hydrogens (tertiary/aromatic N) is 2. The van der Waals surface area contributed by atoms with E-state index in [1.807, 2.05) is 11.0 Å². The van der Waals surface area contributed by atoms with E-state index in [9.17, 15) is 4.79 Å². The molecule has 0 N–H and O–H groups in total. The van der Waals surface area contributed by atoms with Crippen LogP contribution in [-0.4, -0.2) is 37.0 Å². The van der Waals surface area contributed by atoms with Gasteiger partial charge in [0.15, 0.2) is 0 Å². The molecule has 0 saturated carbocycles. The van der Waals surface area contributed by atoms with Crippen LogP contribution in [0.15, 0.2) is 48.5 Å². The average Bonchev–Trinajstić information content (AvgIpc) is 2.58. The predicted octanol–water partition coefficient (Wildman–Crippen LogP) is 3.19. The summed E-state index contributed by atoms with van der Waals surface area (Å²) in [6.07, 6.45) is 0.511. The molecule has 3 heteroatoms. The molecule has 0 radical (unpaired) electrons. The highest BCUT2D eigenvalue weighted by molar-refractivity contribution is 5.79. The minimum atomic E-state index is 0.240. The van der Waals surface area contributed by atoms with E-state index in [0.29, 0.717) is 6.42 Å². The molecule has 23 heavy (non-hydrogen) atoms. The number of aryl methyl sites for hydroxylation is 2. The number of hydrogen-bond acceptors (Lipinski definition) is 2. The molecule has 1 heterocycles. The molecule has 1 amide bonds. The Hall–Kier alpha value is -2.29. The van der Waals surface area contributed by atoms with Crippen molar-refractivity contribution in [3.8, 4) is 0 Å². The second-order valence-corrected chi connectivity index (χ2v) is 6.31. The number of amides is 1. The van der Waals surface area contributed by atoms with E-state index in [1.54, 1.807) is 0 Å². The van der Waals surface area contributed by atoms with Gasteiger partial charge in [-0.2, -0.15) is 0 Å². The molecule has 1 aliphatic heterocycles. The Morgan fingerprint density at radius 1 is 0.957 bits per heavy atom. The van der Waals surface area contributed by atoms with Gasteiger partial charge in [0, 0.05) is 31.9 Å². The SMILES string of the molecule is Cc1ccc(CC(=O)N2CCN(c3ccccc3)CC2)c(C)c1. The van der Waals surface area contributed by atoms with Gasteiger partial charge in [0.25, 0.3) is 0 Å². The van der Waals surface area contributed by atoms with Crippen LogP contribution in [0.1, 0.15) is 16.7 Å². The lowest BCUT2D eigenvalue weighted by molar-refractivity contribution is -0.130. The van der Waals surface area contributed by atoms with Crippen LogP contribution in [-0.2, 0) is 11.2 Å². The van der Waals surface area contributed by atoms with Gasteiger partial charge < -0.3 is 9.80 Å². The van der Waals surface area contributed by atoms with Crippen molar-refractivity contribution in [1.29, 1.82) is 0 Å². The highest BCUT2D eigenvalue weighted by Crippen LogP contribution is 2.17. The largest absolute Gasteiger partial charge is 0.368 e. The highest BCUT2D eigenvalue weighted by Gasteiger charge is 2.21. The third-order valence-corrected chi connectivity index (χ3v) is 4.59. The monoisotopic (exact) mass is 308 g/mol. The number of carbonyl (C=O) groups is 1. The third-order valence-electron chi connectivity index (χ3n) is 4.59. The molecule has 3 nitrogen and oxygen atoms in total. The second kappa shape index (κ2) is 6.86. The van der Waals surface area contributed by atoms with Crippen molar-refractivity contribution in [3.05, 3.63) is 65.2 Å². The Bertz CT molecular complexity index is 673. The van der Waals surface area contributed by atoms with Gasteiger partial charge in [-0.25, -0.2) is 0 Å². The number of anilines is 1. The molecular weight excluding hydrogens is 284 g/mol. The fourth-order valence-electron chi connectivity index (χ4n) is 3.17. The Morgan fingerprint density at radius 2 is 1.65 bits per heavy atom. The van der Waals surface area contributed by atoms with Crippen LogP contribution in [0.5, 0.6) is 0 Å². The van der Waals surface area contributed by atoms with E-state index in [-0.39, 0.29) is 5.91 Å². The van der Waals surface area contributed by atoms with Gasteiger partial charge in [0.1, 0.15) is 0 Å². The second-order valence-electron chi connectivity index (χ2n) is 6.31. The lowest BCUT2D eigenvalue weighted by atomic mass is 10.0. The van der Waals surface area contributed by atoms with Crippen LogP contribution in [0.4, 0.5) is 5.69 Å². The molecule has 0 bridgehead atoms. The summed E-state index contributed by atoms with van der Waals surface area (Å²) in [5.74, 6) is 0.240. The van der Waals surface area contributed by atoms with Crippen LogP contribution in [0, 0.1) is 13.8 Å².